The fourth-order valence-corrected chi connectivity index (χ4v) is 5.66. The van der Waals surface area contributed by atoms with Crippen LogP contribution >= 0.6 is 11.6 Å². The van der Waals surface area contributed by atoms with Crippen molar-refractivity contribution in [1.82, 2.24) is 4.31 Å². The van der Waals surface area contributed by atoms with E-state index in [1.54, 1.807) is 19.1 Å². The van der Waals surface area contributed by atoms with E-state index in [1.807, 2.05) is 13.0 Å². The summed E-state index contributed by atoms with van der Waals surface area (Å²) in [6.45, 7) is 3.90. The first-order valence-electron chi connectivity index (χ1n) is 10.3. The van der Waals surface area contributed by atoms with Crippen LogP contribution in [0.3, 0.4) is 0 Å². The number of carbonyl (C=O) groups is 2. The zero-order valence-corrected chi connectivity index (χ0v) is 19.3. The molecule has 1 fully saturated rings. The fourth-order valence-electron chi connectivity index (χ4n) is 3.83. The molecule has 170 valence electrons. The Morgan fingerprint density at radius 1 is 1.25 bits per heavy atom. The van der Waals surface area contributed by atoms with Crippen LogP contribution in [0, 0.1) is 12.8 Å². The van der Waals surface area contributed by atoms with E-state index in [0.717, 1.165) is 5.56 Å². The number of halogens is 1. The Labute approximate surface area is 191 Å². The second-order valence-corrected chi connectivity index (χ2v) is 10.4. The average molecular weight is 478 g/mol. The van der Waals surface area contributed by atoms with Crippen molar-refractivity contribution >= 4 is 44.8 Å². The Balaban J connectivity index is 1.50. The maximum absolute atomic E-state index is 13.3. The minimum atomic E-state index is -3.86. The van der Waals surface area contributed by atoms with Gasteiger partial charge in [-0.3, -0.25) is 9.59 Å². The van der Waals surface area contributed by atoms with Crippen molar-refractivity contribution in [2.24, 2.45) is 5.92 Å². The summed E-state index contributed by atoms with van der Waals surface area (Å²) in [4.78, 5) is 24.7. The molecule has 8 nitrogen and oxygen atoms in total. The standard InChI is InChI=1S/C22H24ClN3O5S/c1-13-5-7-18(17(23)10-13)24-22(28)15-4-3-9-26(12-15)32(29,30)16-6-8-20-19(11-16)25-21(27)14(2)31-20/h5-8,10-11,14-15H,3-4,9,12H2,1-2H3,(H,24,28)(H,25,27)/t14-,15-/m0/s1. The number of nitrogens with zero attached hydrogens (tertiary/aromatic N) is 1. The van der Waals surface area contributed by atoms with Crippen molar-refractivity contribution in [3.05, 3.63) is 47.0 Å². The van der Waals surface area contributed by atoms with Crippen molar-refractivity contribution in [2.75, 3.05) is 23.7 Å². The van der Waals surface area contributed by atoms with E-state index in [2.05, 4.69) is 10.6 Å². The lowest BCUT2D eigenvalue weighted by Gasteiger charge is -2.31. The molecule has 4 rings (SSSR count). The third-order valence-electron chi connectivity index (χ3n) is 5.66. The number of piperidine rings is 1. The highest BCUT2D eigenvalue weighted by molar-refractivity contribution is 7.89. The van der Waals surface area contributed by atoms with Gasteiger partial charge < -0.3 is 15.4 Å². The van der Waals surface area contributed by atoms with Crippen LogP contribution in [0.4, 0.5) is 11.4 Å². The molecule has 2 heterocycles. The summed E-state index contributed by atoms with van der Waals surface area (Å²) >= 11 is 6.21. The number of sulfonamides is 1. The molecule has 2 amide bonds. The van der Waals surface area contributed by atoms with Gasteiger partial charge in [-0.2, -0.15) is 4.31 Å². The number of benzene rings is 2. The number of rotatable bonds is 4. The maximum atomic E-state index is 13.3. The number of hydrogen-bond donors (Lipinski definition) is 2. The molecule has 0 spiro atoms. The lowest BCUT2D eigenvalue weighted by atomic mass is 9.98. The van der Waals surface area contributed by atoms with Crippen molar-refractivity contribution in [3.8, 4) is 5.75 Å². The lowest BCUT2D eigenvalue weighted by molar-refractivity contribution is -0.123. The van der Waals surface area contributed by atoms with Crippen LogP contribution in [0.2, 0.25) is 5.02 Å². The molecule has 0 radical (unpaired) electrons. The number of hydrogen-bond acceptors (Lipinski definition) is 5. The number of fused-ring (bicyclic) bond motifs is 1. The van der Waals surface area contributed by atoms with Gasteiger partial charge >= 0.3 is 0 Å². The first-order valence-corrected chi connectivity index (χ1v) is 12.2. The van der Waals surface area contributed by atoms with Crippen LogP contribution in [-0.4, -0.2) is 43.7 Å². The molecule has 2 aromatic rings. The van der Waals surface area contributed by atoms with Crippen molar-refractivity contribution < 1.29 is 22.7 Å². The van der Waals surface area contributed by atoms with E-state index in [1.165, 1.54) is 22.5 Å². The summed E-state index contributed by atoms with van der Waals surface area (Å²) in [5.41, 5.74) is 1.79. The Morgan fingerprint density at radius 3 is 2.78 bits per heavy atom. The molecule has 0 aliphatic carbocycles. The molecule has 0 saturated carbocycles. The van der Waals surface area contributed by atoms with Gasteiger partial charge in [0.25, 0.3) is 5.91 Å². The minimum Gasteiger partial charge on any atom is -0.479 e. The van der Waals surface area contributed by atoms with E-state index in [-0.39, 0.29) is 23.3 Å². The molecular formula is C22H24ClN3O5S. The average Bonchev–Trinajstić information content (AvgIpc) is 2.76. The highest BCUT2D eigenvalue weighted by atomic mass is 35.5. The zero-order chi connectivity index (χ0) is 23.0. The molecule has 0 aromatic heterocycles. The first-order chi connectivity index (χ1) is 15.1. The predicted molar refractivity (Wildman–Crippen MR) is 121 cm³/mol. The highest BCUT2D eigenvalue weighted by Crippen LogP contribution is 2.34. The van der Waals surface area contributed by atoms with Crippen LogP contribution in [-0.2, 0) is 19.6 Å². The van der Waals surface area contributed by atoms with Crippen LogP contribution in [0.25, 0.3) is 0 Å². The van der Waals surface area contributed by atoms with Crippen LogP contribution in [0.1, 0.15) is 25.3 Å². The Bertz CT molecular complexity index is 1180. The summed E-state index contributed by atoms with van der Waals surface area (Å²) < 4.78 is 33.3. The molecule has 2 aromatic carbocycles. The number of carbonyl (C=O) groups excluding carboxylic acids is 2. The van der Waals surface area contributed by atoms with Crippen molar-refractivity contribution in [2.45, 2.75) is 37.7 Å². The van der Waals surface area contributed by atoms with Gasteiger partial charge in [-0.05, 0) is 62.6 Å². The molecule has 10 heteroatoms. The van der Waals surface area contributed by atoms with Gasteiger partial charge in [0.2, 0.25) is 15.9 Å². The Hall–Kier alpha value is -2.62. The first kappa shape index (κ1) is 22.6. The fraction of sp³-hybridized carbons (Fsp3) is 0.364. The van der Waals surface area contributed by atoms with Crippen LogP contribution < -0.4 is 15.4 Å². The van der Waals surface area contributed by atoms with Crippen molar-refractivity contribution in [3.63, 3.8) is 0 Å². The van der Waals surface area contributed by atoms with Gasteiger partial charge in [0, 0.05) is 13.1 Å². The number of anilines is 2. The summed E-state index contributed by atoms with van der Waals surface area (Å²) in [6.07, 6.45) is 0.488. The van der Waals surface area contributed by atoms with Crippen LogP contribution in [0.15, 0.2) is 41.3 Å². The quantitative estimate of drug-likeness (QED) is 0.702. The van der Waals surface area contributed by atoms with E-state index in [9.17, 15) is 18.0 Å². The van der Waals surface area contributed by atoms with Gasteiger partial charge in [0.1, 0.15) is 5.75 Å². The summed E-state index contributed by atoms with van der Waals surface area (Å²) in [5, 5.41) is 5.91. The molecule has 32 heavy (non-hydrogen) atoms. The summed E-state index contributed by atoms with van der Waals surface area (Å²) in [6, 6.07) is 9.72. The maximum Gasteiger partial charge on any atom is 0.265 e. The largest absolute Gasteiger partial charge is 0.479 e. The summed E-state index contributed by atoms with van der Waals surface area (Å²) in [7, 11) is -3.86. The van der Waals surface area contributed by atoms with Gasteiger partial charge in [-0.25, -0.2) is 8.42 Å². The third-order valence-corrected chi connectivity index (χ3v) is 7.83. The number of amides is 2. The molecule has 2 atom stereocenters. The molecule has 0 unspecified atom stereocenters. The normalized spacial score (nSPS) is 21.3. The second-order valence-electron chi connectivity index (χ2n) is 8.08. The monoisotopic (exact) mass is 477 g/mol. The third kappa shape index (κ3) is 4.46. The molecule has 0 bridgehead atoms. The van der Waals surface area contributed by atoms with E-state index in [4.69, 9.17) is 16.3 Å². The zero-order valence-electron chi connectivity index (χ0n) is 17.7. The molecule has 2 aliphatic rings. The topological polar surface area (TPSA) is 105 Å². The Morgan fingerprint density at radius 2 is 2.03 bits per heavy atom. The van der Waals surface area contributed by atoms with E-state index >= 15 is 0 Å². The number of aryl methyl sites for hydroxylation is 1. The van der Waals surface area contributed by atoms with Crippen molar-refractivity contribution in [1.29, 1.82) is 0 Å². The van der Waals surface area contributed by atoms with Crippen LogP contribution in [0.5, 0.6) is 5.75 Å². The van der Waals surface area contributed by atoms with Gasteiger partial charge in [0.05, 0.1) is 27.2 Å². The van der Waals surface area contributed by atoms with E-state index < -0.39 is 22.0 Å². The molecule has 2 N–H and O–H groups in total. The highest BCUT2D eigenvalue weighted by Gasteiger charge is 2.34. The predicted octanol–water partition coefficient (Wildman–Crippen LogP) is 3.41. The van der Waals surface area contributed by atoms with Gasteiger partial charge in [-0.1, -0.05) is 17.7 Å². The molecule has 2 aliphatic heterocycles. The lowest BCUT2D eigenvalue weighted by Crippen LogP contribution is -2.43. The van der Waals surface area contributed by atoms with Gasteiger partial charge in [-0.15, -0.1) is 0 Å². The number of nitrogens with one attached hydrogen (secondary N) is 2. The molecule has 1 saturated heterocycles. The summed E-state index contributed by atoms with van der Waals surface area (Å²) in [5.74, 6) is -0.688. The SMILES string of the molecule is Cc1ccc(NC(=O)[C@H]2CCCN(S(=O)(=O)c3ccc4c(c3)NC(=O)[C@H](C)O4)C2)c(Cl)c1. The minimum absolute atomic E-state index is 0.0392. The molecular weight excluding hydrogens is 454 g/mol. The Kier molecular flexibility index (Phi) is 6.15. The number of ether oxygens (including phenoxy) is 1. The smallest absolute Gasteiger partial charge is 0.265 e. The van der Waals surface area contributed by atoms with E-state index in [0.29, 0.717) is 41.5 Å². The second kappa shape index (κ2) is 8.73. The van der Waals surface area contributed by atoms with Gasteiger partial charge in [0.15, 0.2) is 6.10 Å².